The van der Waals surface area contributed by atoms with Crippen LogP contribution in [0.25, 0.3) is 11.2 Å². The lowest BCUT2D eigenvalue weighted by Crippen LogP contribution is -2.30. The first-order chi connectivity index (χ1) is 12.7. The lowest BCUT2D eigenvalue weighted by Gasteiger charge is -2.17. The highest BCUT2D eigenvalue weighted by molar-refractivity contribution is 6.06. The van der Waals surface area contributed by atoms with E-state index in [-0.39, 0.29) is 24.9 Å². The standard InChI is InChI=1S/C17H17N5O4/c23-6-12-14(24)11(7-26-12)22-9-20-13-15(18-8-19-16(13)22)21-17(25)10-4-2-1-3-5-10/h1-5,8-9,11-12,14,23-24H,6-7H2,(H,18,19,21,25)/t11?,12-,14+/m1/s1. The molecule has 26 heavy (non-hydrogen) atoms. The number of carbonyl (C=O) groups is 1. The molecule has 1 aliphatic rings. The summed E-state index contributed by atoms with van der Waals surface area (Å²) in [4.78, 5) is 25.0. The molecule has 3 atom stereocenters. The maximum absolute atomic E-state index is 12.4. The van der Waals surface area contributed by atoms with Crippen molar-refractivity contribution in [3.05, 3.63) is 48.5 Å². The molecule has 3 heterocycles. The first-order valence-corrected chi connectivity index (χ1v) is 8.13. The molecule has 0 aliphatic carbocycles. The van der Waals surface area contributed by atoms with Gasteiger partial charge < -0.3 is 24.8 Å². The van der Waals surface area contributed by atoms with Crippen LogP contribution < -0.4 is 5.32 Å². The van der Waals surface area contributed by atoms with Crippen LogP contribution in [0.1, 0.15) is 16.4 Å². The van der Waals surface area contributed by atoms with Crippen LogP contribution in [0, 0.1) is 0 Å². The number of ether oxygens (including phenoxy) is 1. The lowest BCUT2D eigenvalue weighted by molar-refractivity contribution is 0.00206. The molecule has 0 saturated carbocycles. The van der Waals surface area contributed by atoms with E-state index in [1.54, 1.807) is 28.8 Å². The first-order valence-electron chi connectivity index (χ1n) is 8.13. The molecule has 134 valence electrons. The van der Waals surface area contributed by atoms with Crippen LogP contribution in [0.2, 0.25) is 0 Å². The Bertz CT molecular complexity index is 929. The smallest absolute Gasteiger partial charge is 0.256 e. The van der Waals surface area contributed by atoms with Crippen LogP contribution in [0.15, 0.2) is 43.0 Å². The fourth-order valence-electron chi connectivity index (χ4n) is 3.03. The van der Waals surface area contributed by atoms with Crippen molar-refractivity contribution < 1.29 is 19.7 Å². The minimum Gasteiger partial charge on any atom is -0.394 e. The van der Waals surface area contributed by atoms with Crippen LogP contribution in [-0.2, 0) is 4.74 Å². The average molecular weight is 355 g/mol. The van der Waals surface area contributed by atoms with E-state index in [0.29, 0.717) is 16.7 Å². The van der Waals surface area contributed by atoms with E-state index < -0.39 is 18.2 Å². The Kier molecular flexibility index (Phi) is 4.33. The molecule has 9 nitrogen and oxygen atoms in total. The SMILES string of the molecule is O=C(Nc1ncnc2c1ncn2C1CO[C@H](CO)[C@H]1O)c1ccccc1. The van der Waals surface area contributed by atoms with Gasteiger partial charge in [0.05, 0.1) is 25.6 Å². The van der Waals surface area contributed by atoms with Gasteiger partial charge in [-0.1, -0.05) is 18.2 Å². The number of aliphatic hydroxyl groups is 2. The van der Waals surface area contributed by atoms with E-state index in [1.165, 1.54) is 12.7 Å². The molecule has 1 amide bonds. The number of carbonyl (C=O) groups excluding carboxylic acids is 1. The number of aliphatic hydroxyl groups excluding tert-OH is 2. The highest BCUT2D eigenvalue weighted by Crippen LogP contribution is 2.29. The number of fused-ring (bicyclic) bond motifs is 1. The van der Waals surface area contributed by atoms with Crippen molar-refractivity contribution in [1.29, 1.82) is 0 Å². The normalized spacial score (nSPS) is 22.6. The van der Waals surface area contributed by atoms with Gasteiger partial charge in [-0.25, -0.2) is 15.0 Å². The fraction of sp³-hybridized carbons (Fsp3) is 0.294. The van der Waals surface area contributed by atoms with Gasteiger partial charge in [0.2, 0.25) is 0 Å². The summed E-state index contributed by atoms with van der Waals surface area (Å²) in [6, 6.07) is 8.36. The Hall–Kier alpha value is -2.88. The molecule has 3 N–H and O–H groups in total. The highest BCUT2D eigenvalue weighted by Gasteiger charge is 2.37. The molecule has 0 bridgehead atoms. The third kappa shape index (κ3) is 2.81. The molecule has 1 fully saturated rings. The van der Waals surface area contributed by atoms with Gasteiger partial charge in [-0.05, 0) is 12.1 Å². The average Bonchev–Trinajstić information content (AvgIpc) is 3.26. The zero-order valence-corrected chi connectivity index (χ0v) is 13.7. The number of anilines is 1. The van der Waals surface area contributed by atoms with Crippen molar-refractivity contribution in [2.75, 3.05) is 18.5 Å². The molecular weight excluding hydrogens is 338 g/mol. The van der Waals surface area contributed by atoms with E-state index in [4.69, 9.17) is 4.74 Å². The number of rotatable bonds is 4. The maximum Gasteiger partial charge on any atom is 0.256 e. The number of amides is 1. The Morgan fingerprint density at radius 3 is 2.81 bits per heavy atom. The second kappa shape index (κ2) is 6.79. The summed E-state index contributed by atoms with van der Waals surface area (Å²) >= 11 is 0. The summed E-state index contributed by atoms with van der Waals surface area (Å²) < 4.78 is 7.07. The topological polar surface area (TPSA) is 122 Å². The lowest BCUT2D eigenvalue weighted by atomic mass is 10.1. The van der Waals surface area contributed by atoms with Crippen molar-refractivity contribution in [3.8, 4) is 0 Å². The quantitative estimate of drug-likeness (QED) is 0.618. The Morgan fingerprint density at radius 2 is 2.08 bits per heavy atom. The molecular formula is C17H17N5O4. The monoisotopic (exact) mass is 355 g/mol. The summed E-state index contributed by atoms with van der Waals surface area (Å²) in [5, 5.41) is 22.3. The van der Waals surface area contributed by atoms with Crippen LogP contribution in [0.4, 0.5) is 5.82 Å². The third-order valence-corrected chi connectivity index (χ3v) is 4.42. The summed E-state index contributed by atoms with van der Waals surface area (Å²) in [5.74, 6) is -0.0144. The summed E-state index contributed by atoms with van der Waals surface area (Å²) in [6.07, 6.45) is 1.33. The van der Waals surface area contributed by atoms with Gasteiger partial charge in [-0.3, -0.25) is 4.79 Å². The van der Waals surface area contributed by atoms with Crippen molar-refractivity contribution in [1.82, 2.24) is 19.5 Å². The summed E-state index contributed by atoms with van der Waals surface area (Å²) in [6.45, 7) is -0.0365. The predicted molar refractivity (Wildman–Crippen MR) is 91.6 cm³/mol. The second-order valence-electron chi connectivity index (χ2n) is 5.98. The van der Waals surface area contributed by atoms with Crippen molar-refractivity contribution in [2.45, 2.75) is 18.2 Å². The van der Waals surface area contributed by atoms with E-state index in [0.717, 1.165) is 0 Å². The van der Waals surface area contributed by atoms with Gasteiger partial charge >= 0.3 is 0 Å². The third-order valence-electron chi connectivity index (χ3n) is 4.42. The Balaban J connectivity index is 1.65. The molecule has 1 aliphatic heterocycles. The second-order valence-corrected chi connectivity index (χ2v) is 5.98. The fourth-order valence-corrected chi connectivity index (χ4v) is 3.03. The van der Waals surface area contributed by atoms with Crippen LogP contribution in [0.5, 0.6) is 0 Å². The molecule has 1 aromatic carbocycles. The number of hydrogen-bond acceptors (Lipinski definition) is 7. The van der Waals surface area contributed by atoms with Gasteiger partial charge in [0.15, 0.2) is 17.0 Å². The molecule has 1 unspecified atom stereocenters. The van der Waals surface area contributed by atoms with Gasteiger partial charge in [-0.15, -0.1) is 0 Å². The maximum atomic E-state index is 12.4. The van der Waals surface area contributed by atoms with Crippen molar-refractivity contribution in [3.63, 3.8) is 0 Å². The first kappa shape index (κ1) is 16.6. The Morgan fingerprint density at radius 1 is 1.27 bits per heavy atom. The van der Waals surface area contributed by atoms with Gasteiger partial charge in [-0.2, -0.15) is 0 Å². The predicted octanol–water partition coefficient (Wildman–Crippen LogP) is 0.372. The molecule has 2 aromatic heterocycles. The van der Waals surface area contributed by atoms with Crippen molar-refractivity contribution in [2.24, 2.45) is 0 Å². The summed E-state index contributed by atoms with van der Waals surface area (Å²) in [7, 11) is 0. The summed E-state index contributed by atoms with van der Waals surface area (Å²) in [5.41, 5.74) is 1.38. The number of benzene rings is 1. The molecule has 9 heteroatoms. The van der Waals surface area contributed by atoms with Crippen molar-refractivity contribution >= 4 is 22.9 Å². The number of imidazole rings is 1. The molecule has 3 aromatic rings. The van der Waals surface area contributed by atoms with E-state index in [9.17, 15) is 15.0 Å². The largest absolute Gasteiger partial charge is 0.394 e. The number of hydrogen-bond donors (Lipinski definition) is 3. The Labute approximate surface area is 148 Å². The zero-order valence-electron chi connectivity index (χ0n) is 13.7. The number of nitrogens with one attached hydrogen (secondary N) is 1. The molecule has 1 saturated heterocycles. The molecule has 0 spiro atoms. The number of aromatic nitrogens is 4. The minimum atomic E-state index is -0.880. The van der Waals surface area contributed by atoms with E-state index >= 15 is 0 Å². The molecule has 0 radical (unpaired) electrons. The highest BCUT2D eigenvalue weighted by atomic mass is 16.5. The number of nitrogens with zero attached hydrogens (tertiary/aromatic N) is 4. The van der Waals surface area contributed by atoms with Crippen LogP contribution in [-0.4, -0.2) is 61.1 Å². The van der Waals surface area contributed by atoms with Gasteiger partial charge in [0.1, 0.15) is 18.5 Å². The van der Waals surface area contributed by atoms with E-state index in [2.05, 4.69) is 20.3 Å². The zero-order chi connectivity index (χ0) is 18.1. The van der Waals surface area contributed by atoms with E-state index in [1.807, 2.05) is 6.07 Å². The van der Waals surface area contributed by atoms with Gasteiger partial charge in [0, 0.05) is 5.56 Å². The van der Waals surface area contributed by atoms with Crippen LogP contribution in [0.3, 0.4) is 0 Å². The molecule has 4 rings (SSSR count). The minimum absolute atomic E-state index is 0.230. The van der Waals surface area contributed by atoms with Gasteiger partial charge in [0.25, 0.3) is 5.91 Å². The van der Waals surface area contributed by atoms with Crippen LogP contribution >= 0.6 is 0 Å².